The van der Waals surface area contributed by atoms with Gasteiger partial charge in [0, 0.05) is 10.9 Å². The summed E-state index contributed by atoms with van der Waals surface area (Å²) in [4.78, 5) is 12.7. The molecule has 0 aliphatic carbocycles. The Morgan fingerprint density at radius 1 is 1.37 bits per heavy atom. The van der Waals surface area contributed by atoms with Gasteiger partial charge in [0.1, 0.15) is 5.75 Å². The van der Waals surface area contributed by atoms with Crippen molar-refractivity contribution in [1.29, 1.82) is 0 Å². The van der Waals surface area contributed by atoms with Crippen LogP contribution in [0.15, 0.2) is 6.07 Å². The number of hydrogen-bond donors (Lipinski definition) is 1. The third kappa shape index (κ3) is 2.77. The van der Waals surface area contributed by atoms with Crippen LogP contribution in [0.5, 0.6) is 5.75 Å². The molecule has 1 N–H and O–H groups in total. The molecule has 0 radical (unpaired) electrons. The summed E-state index contributed by atoms with van der Waals surface area (Å²) in [5, 5.41) is 3.94. The van der Waals surface area contributed by atoms with Crippen LogP contribution in [0.3, 0.4) is 0 Å². The van der Waals surface area contributed by atoms with Gasteiger partial charge >= 0.3 is 0 Å². The highest BCUT2D eigenvalue weighted by molar-refractivity contribution is 6.32. The van der Waals surface area contributed by atoms with Crippen molar-refractivity contribution in [1.82, 2.24) is 5.32 Å². The van der Waals surface area contributed by atoms with E-state index in [1.165, 1.54) is 0 Å². The van der Waals surface area contributed by atoms with E-state index in [9.17, 15) is 4.79 Å². The van der Waals surface area contributed by atoms with Gasteiger partial charge in [-0.3, -0.25) is 4.79 Å². The maximum atomic E-state index is 12.7. The number of ether oxygens (including phenoxy) is 1. The number of Topliss-reactive ketones (excluding diaryl/α,β-unsaturated/α-hetero) is 1. The SMILES string of the molecule is COc1cc(C)c(Cl)c(C)c1C(=O)C1CCNCC1. The minimum Gasteiger partial charge on any atom is -0.496 e. The monoisotopic (exact) mass is 281 g/mol. The number of hydrogen-bond acceptors (Lipinski definition) is 3. The van der Waals surface area contributed by atoms with Gasteiger partial charge in [0.15, 0.2) is 5.78 Å². The molecule has 0 amide bonds. The molecule has 0 spiro atoms. The number of benzene rings is 1. The quantitative estimate of drug-likeness (QED) is 0.865. The van der Waals surface area contributed by atoms with Crippen molar-refractivity contribution in [2.24, 2.45) is 5.92 Å². The van der Waals surface area contributed by atoms with Gasteiger partial charge in [-0.1, -0.05) is 11.6 Å². The molecule has 1 aromatic carbocycles. The standard InChI is InChI=1S/C15H20ClNO2/c1-9-8-12(19-3)13(10(2)14(9)16)15(18)11-4-6-17-7-5-11/h8,11,17H,4-7H2,1-3H3. The maximum Gasteiger partial charge on any atom is 0.170 e. The minimum atomic E-state index is 0.0765. The van der Waals surface area contributed by atoms with Crippen LogP contribution in [0, 0.1) is 19.8 Å². The molecule has 1 fully saturated rings. The number of carbonyl (C=O) groups excluding carboxylic acids is 1. The summed E-state index contributed by atoms with van der Waals surface area (Å²) in [5.41, 5.74) is 2.44. The lowest BCUT2D eigenvalue weighted by atomic mass is 9.87. The summed E-state index contributed by atoms with van der Waals surface area (Å²) in [6.45, 7) is 5.62. The third-order valence-electron chi connectivity index (χ3n) is 3.82. The Kier molecular flexibility index (Phi) is 4.48. The second-order valence-electron chi connectivity index (χ2n) is 5.10. The van der Waals surface area contributed by atoms with Gasteiger partial charge in [0.2, 0.25) is 0 Å². The van der Waals surface area contributed by atoms with Gasteiger partial charge in [0.05, 0.1) is 12.7 Å². The summed E-state index contributed by atoms with van der Waals surface area (Å²) < 4.78 is 5.38. The lowest BCUT2D eigenvalue weighted by molar-refractivity contribution is 0.0891. The first-order valence-corrected chi connectivity index (χ1v) is 7.02. The zero-order valence-electron chi connectivity index (χ0n) is 11.7. The van der Waals surface area contributed by atoms with Crippen molar-refractivity contribution in [2.45, 2.75) is 26.7 Å². The Labute approximate surface area is 119 Å². The molecule has 104 valence electrons. The molecule has 1 aliphatic rings. The normalized spacial score (nSPS) is 16.4. The Morgan fingerprint density at radius 3 is 2.58 bits per heavy atom. The van der Waals surface area contributed by atoms with E-state index < -0.39 is 0 Å². The minimum absolute atomic E-state index is 0.0765. The number of ketones is 1. The lowest BCUT2D eigenvalue weighted by Gasteiger charge is -2.23. The van der Waals surface area contributed by atoms with Crippen LogP contribution in [0.25, 0.3) is 0 Å². The highest BCUT2D eigenvalue weighted by atomic mass is 35.5. The summed E-state index contributed by atoms with van der Waals surface area (Å²) in [6, 6.07) is 1.85. The van der Waals surface area contributed by atoms with Crippen molar-refractivity contribution < 1.29 is 9.53 Å². The van der Waals surface area contributed by atoms with E-state index in [1.54, 1.807) is 7.11 Å². The number of halogens is 1. The Morgan fingerprint density at radius 2 is 2.00 bits per heavy atom. The highest BCUT2D eigenvalue weighted by Gasteiger charge is 2.27. The van der Waals surface area contributed by atoms with Crippen LogP contribution in [0.4, 0.5) is 0 Å². The van der Waals surface area contributed by atoms with Gasteiger partial charge in [-0.15, -0.1) is 0 Å². The van der Waals surface area contributed by atoms with Crippen LogP contribution in [0.1, 0.15) is 34.3 Å². The zero-order chi connectivity index (χ0) is 14.0. The van der Waals surface area contributed by atoms with Gasteiger partial charge < -0.3 is 10.1 Å². The van der Waals surface area contributed by atoms with Crippen LogP contribution in [-0.4, -0.2) is 26.0 Å². The van der Waals surface area contributed by atoms with Crippen LogP contribution < -0.4 is 10.1 Å². The van der Waals surface area contributed by atoms with E-state index in [-0.39, 0.29) is 11.7 Å². The predicted octanol–water partition coefficient (Wildman–Crippen LogP) is 3.15. The van der Waals surface area contributed by atoms with Gasteiger partial charge in [-0.2, -0.15) is 0 Å². The van der Waals surface area contributed by atoms with Crippen molar-refractivity contribution in [3.8, 4) is 5.75 Å². The van der Waals surface area contributed by atoms with Gasteiger partial charge in [-0.05, 0) is 57.0 Å². The molecule has 1 aliphatic heterocycles. The number of aryl methyl sites for hydroxylation is 1. The van der Waals surface area contributed by atoms with Gasteiger partial charge in [0.25, 0.3) is 0 Å². The van der Waals surface area contributed by atoms with Crippen molar-refractivity contribution in [3.05, 3.63) is 27.8 Å². The van der Waals surface area contributed by atoms with E-state index in [0.717, 1.165) is 37.1 Å². The molecule has 0 aromatic heterocycles. The molecular formula is C15H20ClNO2. The number of piperidine rings is 1. The Bertz CT molecular complexity index is 493. The molecule has 0 bridgehead atoms. The lowest BCUT2D eigenvalue weighted by Crippen LogP contribution is -2.32. The molecule has 0 unspecified atom stereocenters. The number of carbonyl (C=O) groups is 1. The summed E-state index contributed by atoms with van der Waals surface area (Å²) in [6.07, 6.45) is 1.76. The first-order valence-electron chi connectivity index (χ1n) is 6.65. The Hall–Kier alpha value is -1.06. The van der Waals surface area contributed by atoms with E-state index in [2.05, 4.69) is 5.32 Å². The Balaban J connectivity index is 2.42. The molecular weight excluding hydrogens is 262 g/mol. The summed E-state index contributed by atoms with van der Waals surface area (Å²) >= 11 is 6.27. The fourth-order valence-corrected chi connectivity index (χ4v) is 2.83. The van der Waals surface area contributed by atoms with Crippen molar-refractivity contribution >= 4 is 17.4 Å². The van der Waals surface area contributed by atoms with Crippen LogP contribution in [0.2, 0.25) is 5.02 Å². The fraction of sp³-hybridized carbons (Fsp3) is 0.533. The molecule has 1 aromatic rings. The molecule has 1 saturated heterocycles. The van der Waals surface area contributed by atoms with Gasteiger partial charge in [-0.25, -0.2) is 0 Å². The molecule has 1 heterocycles. The third-order valence-corrected chi connectivity index (χ3v) is 4.40. The number of methoxy groups -OCH3 is 1. The van der Waals surface area contributed by atoms with Crippen molar-refractivity contribution in [2.75, 3.05) is 20.2 Å². The topological polar surface area (TPSA) is 38.3 Å². The van der Waals surface area contributed by atoms with E-state index in [0.29, 0.717) is 16.3 Å². The number of rotatable bonds is 3. The van der Waals surface area contributed by atoms with E-state index in [1.807, 2.05) is 19.9 Å². The molecule has 19 heavy (non-hydrogen) atoms. The average Bonchev–Trinajstić information content (AvgIpc) is 2.44. The molecule has 2 rings (SSSR count). The van der Waals surface area contributed by atoms with Crippen LogP contribution in [-0.2, 0) is 0 Å². The van der Waals surface area contributed by atoms with E-state index >= 15 is 0 Å². The average molecular weight is 282 g/mol. The highest BCUT2D eigenvalue weighted by Crippen LogP contribution is 2.34. The van der Waals surface area contributed by atoms with E-state index in [4.69, 9.17) is 16.3 Å². The predicted molar refractivity (Wildman–Crippen MR) is 77.4 cm³/mol. The molecule has 3 nitrogen and oxygen atoms in total. The van der Waals surface area contributed by atoms with Crippen molar-refractivity contribution in [3.63, 3.8) is 0 Å². The second kappa shape index (κ2) is 5.93. The largest absolute Gasteiger partial charge is 0.496 e. The first kappa shape index (κ1) is 14.4. The molecule has 4 heteroatoms. The number of nitrogens with one attached hydrogen (secondary N) is 1. The molecule has 0 atom stereocenters. The zero-order valence-corrected chi connectivity index (χ0v) is 12.4. The molecule has 0 saturated carbocycles. The second-order valence-corrected chi connectivity index (χ2v) is 5.48. The summed E-state index contributed by atoms with van der Waals surface area (Å²) in [5.74, 6) is 0.883. The first-order chi connectivity index (χ1) is 9.06. The smallest absolute Gasteiger partial charge is 0.170 e. The maximum absolute atomic E-state index is 12.7. The fourth-order valence-electron chi connectivity index (χ4n) is 2.68. The van der Waals surface area contributed by atoms with Crippen LogP contribution >= 0.6 is 11.6 Å². The summed E-state index contributed by atoms with van der Waals surface area (Å²) in [7, 11) is 1.60.